The summed E-state index contributed by atoms with van der Waals surface area (Å²) in [6, 6.07) is 1.01. The summed E-state index contributed by atoms with van der Waals surface area (Å²) in [6.45, 7) is 7.80. The monoisotopic (exact) mass is 325 g/mol. The summed E-state index contributed by atoms with van der Waals surface area (Å²) in [6.07, 6.45) is 5.65. The number of hydrogen-bond acceptors (Lipinski definition) is 5. The summed E-state index contributed by atoms with van der Waals surface area (Å²) >= 11 is 1.69. The molecule has 2 N–H and O–H groups in total. The summed E-state index contributed by atoms with van der Waals surface area (Å²) in [5, 5.41) is 9.76. The number of carbonyl (C=O) groups excluding carboxylic acids is 1. The predicted octanol–water partition coefficient (Wildman–Crippen LogP) is 3.63. The summed E-state index contributed by atoms with van der Waals surface area (Å²) in [7, 11) is 0. The average molecular weight is 325 g/mol. The predicted molar refractivity (Wildman–Crippen MR) is 89.1 cm³/mol. The number of nitrogens with zero attached hydrogens (tertiary/aromatic N) is 1. The molecule has 1 aromatic heterocycles. The van der Waals surface area contributed by atoms with Crippen LogP contribution in [0.1, 0.15) is 64.4 Å². The van der Waals surface area contributed by atoms with Crippen molar-refractivity contribution < 1.29 is 9.53 Å². The van der Waals surface area contributed by atoms with Crippen molar-refractivity contribution >= 4 is 17.4 Å². The molecule has 0 radical (unpaired) electrons. The molecule has 1 aromatic rings. The van der Waals surface area contributed by atoms with Crippen LogP contribution in [-0.4, -0.2) is 28.8 Å². The Morgan fingerprint density at radius 3 is 2.50 bits per heavy atom. The van der Waals surface area contributed by atoms with Crippen molar-refractivity contribution in [2.24, 2.45) is 0 Å². The molecule has 124 valence electrons. The zero-order chi connectivity index (χ0) is 16.2. The standard InChI is InChI=1S/C16H27N3O2S/c1-11(14-17-9-10-22-14)18-12-5-7-13(8-6-12)19-15(20)21-16(2,3)4/h9-13,18H,5-8H2,1-4H3,(H,19,20). The summed E-state index contributed by atoms with van der Waals surface area (Å²) < 4.78 is 5.31. The van der Waals surface area contributed by atoms with Crippen LogP contribution in [0.3, 0.4) is 0 Å². The van der Waals surface area contributed by atoms with E-state index in [2.05, 4.69) is 22.5 Å². The lowest BCUT2D eigenvalue weighted by atomic mass is 9.91. The molecule has 1 aliphatic carbocycles. The third kappa shape index (κ3) is 5.57. The van der Waals surface area contributed by atoms with E-state index in [1.807, 2.05) is 32.3 Å². The lowest BCUT2D eigenvalue weighted by molar-refractivity contribution is 0.0489. The quantitative estimate of drug-likeness (QED) is 0.887. The Hall–Kier alpha value is -1.14. The summed E-state index contributed by atoms with van der Waals surface area (Å²) in [5.74, 6) is 0. The molecule has 1 atom stereocenters. The first-order valence-corrected chi connectivity index (χ1v) is 8.86. The number of carbonyl (C=O) groups is 1. The van der Waals surface area contributed by atoms with Crippen LogP contribution in [0.15, 0.2) is 11.6 Å². The van der Waals surface area contributed by atoms with E-state index in [0.717, 1.165) is 30.7 Å². The summed E-state index contributed by atoms with van der Waals surface area (Å²) in [4.78, 5) is 16.1. The molecule has 6 heteroatoms. The van der Waals surface area contributed by atoms with Crippen LogP contribution >= 0.6 is 11.3 Å². The average Bonchev–Trinajstić information content (AvgIpc) is 2.92. The molecule has 2 rings (SSSR count). The molecule has 1 fully saturated rings. The van der Waals surface area contributed by atoms with Gasteiger partial charge in [0.25, 0.3) is 0 Å². The van der Waals surface area contributed by atoms with Gasteiger partial charge in [-0.2, -0.15) is 0 Å². The van der Waals surface area contributed by atoms with E-state index in [-0.39, 0.29) is 12.1 Å². The van der Waals surface area contributed by atoms with E-state index in [1.165, 1.54) is 0 Å². The normalized spacial score (nSPS) is 23.8. The molecule has 0 aliphatic heterocycles. The number of ether oxygens (including phenoxy) is 1. The van der Waals surface area contributed by atoms with Gasteiger partial charge in [-0.05, 0) is 53.4 Å². The van der Waals surface area contributed by atoms with Crippen molar-refractivity contribution in [3.8, 4) is 0 Å². The minimum Gasteiger partial charge on any atom is -0.444 e. The van der Waals surface area contributed by atoms with Gasteiger partial charge in [-0.25, -0.2) is 9.78 Å². The number of amides is 1. The first-order chi connectivity index (χ1) is 10.3. The van der Waals surface area contributed by atoms with Gasteiger partial charge >= 0.3 is 6.09 Å². The van der Waals surface area contributed by atoms with Crippen molar-refractivity contribution in [2.45, 2.75) is 77.1 Å². The van der Waals surface area contributed by atoms with E-state index in [9.17, 15) is 4.79 Å². The minimum absolute atomic E-state index is 0.225. The second kappa shape index (κ2) is 7.42. The molecule has 22 heavy (non-hydrogen) atoms. The number of nitrogens with one attached hydrogen (secondary N) is 2. The zero-order valence-corrected chi connectivity index (χ0v) is 14.7. The van der Waals surface area contributed by atoms with Crippen molar-refractivity contribution in [3.05, 3.63) is 16.6 Å². The molecule has 5 nitrogen and oxygen atoms in total. The first-order valence-electron chi connectivity index (χ1n) is 7.98. The minimum atomic E-state index is -0.439. The Balaban J connectivity index is 1.70. The highest BCUT2D eigenvalue weighted by molar-refractivity contribution is 7.09. The van der Waals surface area contributed by atoms with Gasteiger partial charge in [0.2, 0.25) is 0 Å². The second-order valence-electron chi connectivity index (χ2n) is 6.95. The Morgan fingerprint density at radius 1 is 1.32 bits per heavy atom. The van der Waals surface area contributed by atoms with Gasteiger partial charge in [0.15, 0.2) is 0 Å². The molecule has 0 bridgehead atoms. The Labute approximate surface area is 136 Å². The maximum atomic E-state index is 11.8. The van der Waals surface area contributed by atoms with E-state index < -0.39 is 5.60 Å². The molecule has 0 saturated heterocycles. The van der Waals surface area contributed by atoms with Crippen LogP contribution in [0, 0.1) is 0 Å². The maximum absolute atomic E-state index is 11.8. The van der Waals surface area contributed by atoms with Crippen LogP contribution in [0.5, 0.6) is 0 Å². The molecule has 1 unspecified atom stereocenters. The van der Waals surface area contributed by atoms with Gasteiger partial charge in [0.1, 0.15) is 10.6 Å². The lowest BCUT2D eigenvalue weighted by Crippen LogP contribution is -2.44. The van der Waals surface area contributed by atoms with Gasteiger partial charge in [0, 0.05) is 23.7 Å². The van der Waals surface area contributed by atoms with Crippen molar-refractivity contribution in [1.82, 2.24) is 15.6 Å². The van der Waals surface area contributed by atoms with E-state index in [4.69, 9.17) is 4.74 Å². The first kappa shape index (κ1) is 17.2. The van der Waals surface area contributed by atoms with Gasteiger partial charge in [-0.3, -0.25) is 0 Å². The number of thiazole rings is 1. The second-order valence-corrected chi connectivity index (χ2v) is 7.88. The Morgan fingerprint density at radius 2 is 1.95 bits per heavy atom. The number of alkyl carbamates (subject to hydrolysis) is 1. The van der Waals surface area contributed by atoms with Crippen LogP contribution < -0.4 is 10.6 Å². The highest BCUT2D eigenvalue weighted by Gasteiger charge is 2.25. The fourth-order valence-corrected chi connectivity index (χ4v) is 3.41. The highest BCUT2D eigenvalue weighted by Crippen LogP contribution is 2.23. The smallest absolute Gasteiger partial charge is 0.407 e. The molecule has 1 aliphatic rings. The highest BCUT2D eigenvalue weighted by atomic mass is 32.1. The molecule has 1 heterocycles. The molecule has 0 aromatic carbocycles. The van der Waals surface area contributed by atoms with Crippen LogP contribution in [0.2, 0.25) is 0 Å². The van der Waals surface area contributed by atoms with Crippen molar-refractivity contribution in [1.29, 1.82) is 0 Å². The number of hydrogen-bond donors (Lipinski definition) is 2. The molecular formula is C16H27N3O2S. The maximum Gasteiger partial charge on any atom is 0.407 e. The molecular weight excluding hydrogens is 298 g/mol. The largest absolute Gasteiger partial charge is 0.444 e. The van der Waals surface area contributed by atoms with Crippen molar-refractivity contribution in [3.63, 3.8) is 0 Å². The molecule has 1 saturated carbocycles. The molecule has 1 amide bonds. The Kier molecular flexibility index (Phi) is 5.81. The fourth-order valence-electron chi connectivity index (χ4n) is 2.75. The number of aromatic nitrogens is 1. The van der Waals surface area contributed by atoms with Crippen LogP contribution in [-0.2, 0) is 4.74 Å². The van der Waals surface area contributed by atoms with Gasteiger partial charge in [-0.15, -0.1) is 11.3 Å². The topological polar surface area (TPSA) is 63.2 Å². The summed E-state index contributed by atoms with van der Waals surface area (Å²) in [5.41, 5.74) is -0.439. The SMILES string of the molecule is CC(NC1CCC(NC(=O)OC(C)(C)C)CC1)c1nccs1. The zero-order valence-electron chi connectivity index (χ0n) is 13.9. The Bertz CT molecular complexity index is 462. The van der Waals surface area contributed by atoms with E-state index >= 15 is 0 Å². The van der Waals surface area contributed by atoms with Gasteiger partial charge < -0.3 is 15.4 Å². The third-order valence-electron chi connectivity index (χ3n) is 3.76. The van der Waals surface area contributed by atoms with E-state index in [1.54, 1.807) is 11.3 Å². The van der Waals surface area contributed by atoms with Gasteiger partial charge in [-0.1, -0.05) is 0 Å². The fraction of sp³-hybridized carbons (Fsp3) is 0.750. The van der Waals surface area contributed by atoms with Gasteiger partial charge in [0.05, 0.1) is 6.04 Å². The molecule has 0 spiro atoms. The van der Waals surface area contributed by atoms with Crippen molar-refractivity contribution in [2.75, 3.05) is 0 Å². The van der Waals surface area contributed by atoms with Crippen LogP contribution in [0.4, 0.5) is 4.79 Å². The van der Waals surface area contributed by atoms with E-state index in [0.29, 0.717) is 12.1 Å². The lowest BCUT2D eigenvalue weighted by Gasteiger charge is -2.31. The third-order valence-corrected chi connectivity index (χ3v) is 4.71. The number of rotatable bonds is 4. The van der Waals surface area contributed by atoms with Crippen LogP contribution in [0.25, 0.3) is 0 Å².